The maximum atomic E-state index is 5.45. The van der Waals surface area contributed by atoms with Crippen LogP contribution in [0.3, 0.4) is 0 Å². The van der Waals surface area contributed by atoms with Crippen LogP contribution in [0, 0.1) is 0 Å². The Morgan fingerprint density at radius 3 is 3.00 bits per heavy atom. The van der Waals surface area contributed by atoms with Gasteiger partial charge in [-0.15, -0.1) is 5.10 Å². The van der Waals surface area contributed by atoms with E-state index in [0.717, 1.165) is 11.6 Å². The van der Waals surface area contributed by atoms with E-state index in [1.807, 2.05) is 13.1 Å². The molecule has 0 atom stereocenters. The summed E-state index contributed by atoms with van der Waals surface area (Å²) >= 11 is 1.34. The van der Waals surface area contributed by atoms with E-state index in [-0.39, 0.29) is 0 Å². The standard InChI is InChI=1S/C8H11N5OS/c1-2-13-5-6(4-10-13)14-8-12-11-7(3-9)15-8/h4-5H,2-3,9H2,1H3. The SMILES string of the molecule is CCn1cc(Oc2nnc(CN)s2)cn1. The Hall–Kier alpha value is -1.47. The van der Waals surface area contributed by atoms with Crippen LogP contribution in [0.2, 0.25) is 0 Å². The van der Waals surface area contributed by atoms with E-state index in [9.17, 15) is 0 Å². The molecule has 6 nitrogen and oxygen atoms in total. The van der Waals surface area contributed by atoms with Crippen LogP contribution < -0.4 is 10.5 Å². The molecule has 0 bridgehead atoms. The minimum atomic E-state index is 0.384. The van der Waals surface area contributed by atoms with Gasteiger partial charge < -0.3 is 10.5 Å². The van der Waals surface area contributed by atoms with Gasteiger partial charge in [0.05, 0.1) is 12.4 Å². The van der Waals surface area contributed by atoms with Crippen LogP contribution in [0.1, 0.15) is 11.9 Å². The van der Waals surface area contributed by atoms with Crippen LogP contribution in [-0.2, 0) is 13.1 Å². The molecule has 2 heterocycles. The second kappa shape index (κ2) is 4.37. The number of nitrogens with zero attached hydrogens (tertiary/aromatic N) is 4. The fourth-order valence-corrected chi connectivity index (χ4v) is 1.62. The van der Waals surface area contributed by atoms with Crippen molar-refractivity contribution >= 4 is 11.3 Å². The van der Waals surface area contributed by atoms with Crippen molar-refractivity contribution in [1.29, 1.82) is 0 Å². The molecule has 2 rings (SSSR count). The van der Waals surface area contributed by atoms with Crippen molar-refractivity contribution in [3.05, 3.63) is 17.4 Å². The molecule has 0 spiro atoms. The fourth-order valence-electron chi connectivity index (χ4n) is 1.03. The lowest BCUT2D eigenvalue weighted by atomic mass is 10.6. The molecule has 2 N–H and O–H groups in total. The van der Waals surface area contributed by atoms with Crippen LogP contribution in [-0.4, -0.2) is 20.0 Å². The summed E-state index contributed by atoms with van der Waals surface area (Å²) in [7, 11) is 0. The summed E-state index contributed by atoms with van der Waals surface area (Å²) in [5.41, 5.74) is 5.42. The van der Waals surface area contributed by atoms with E-state index in [4.69, 9.17) is 10.5 Å². The average molecular weight is 225 g/mol. The molecule has 2 aromatic heterocycles. The van der Waals surface area contributed by atoms with E-state index in [1.165, 1.54) is 11.3 Å². The molecular formula is C8H11N5OS. The van der Waals surface area contributed by atoms with E-state index < -0.39 is 0 Å². The number of hydrogen-bond donors (Lipinski definition) is 1. The topological polar surface area (TPSA) is 78.8 Å². The highest BCUT2D eigenvalue weighted by atomic mass is 32.1. The summed E-state index contributed by atoms with van der Waals surface area (Å²) in [5, 5.41) is 13.0. The number of rotatable bonds is 4. The normalized spacial score (nSPS) is 10.5. The number of ether oxygens (including phenoxy) is 1. The third-order valence-corrected chi connectivity index (χ3v) is 2.59. The average Bonchev–Trinajstić information content (AvgIpc) is 2.87. The Labute approximate surface area is 90.7 Å². The minimum absolute atomic E-state index is 0.384. The first-order valence-electron chi connectivity index (χ1n) is 4.54. The molecule has 0 aliphatic carbocycles. The molecule has 0 fully saturated rings. The van der Waals surface area contributed by atoms with Gasteiger partial charge >= 0.3 is 0 Å². The second-order valence-corrected chi connectivity index (χ2v) is 3.82. The first kappa shape index (κ1) is 10.1. The smallest absolute Gasteiger partial charge is 0.299 e. The number of aromatic nitrogens is 4. The predicted octanol–water partition coefficient (Wildman–Crippen LogP) is 1.01. The van der Waals surface area contributed by atoms with Crippen LogP contribution >= 0.6 is 11.3 Å². The van der Waals surface area contributed by atoms with Gasteiger partial charge in [-0.25, -0.2) is 0 Å². The summed E-state index contributed by atoms with van der Waals surface area (Å²) in [6.45, 7) is 3.21. The van der Waals surface area contributed by atoms with E-state index in [1.54, 1.807) is 10.9 Å². The van der Waals surface area contributed by atoms with Crippen molar-refractivity contribution in [3.8, 4) is 10.9 Å². The lowest BCUT2D eigenvalue weighted by Gasteiger charge is -1.94. The monoisotopic (exact) mass is 225 g/mol. The van der Waals surface area contributed by atoms with Crippen molar-refractivity contribution in [1.82, 2.24) is 20.0 Å². The zero-order chi connectivity index (χ0) is 10.7. The predicted molar refractivity (Wildman–Crippen MR) is 55.8 cm³/mol. The van der Waals surface area contributed by atoms with Gasteiger partial charge in [-0.05, 0) is 6.92 Å². The van der Waals surface area contributed by atoms with Gasteiger partial charge in [0, 0.05) is 13.1 Å². The Bertz CT molecular complexity index is 397. The van der Waals surface area contributed by atoms with Crippen LogP contribution in [0.25, 0.3) is 0 Å². The summed E-state index contributed by atoms with van der Waals surface area (Å²) in [6, 6.07) is 0. The molecule has 0 aliphatic rings. The number of hydrogen-bond acceptors (Lipinski definition) is 6. The highest BCUT2D eigenvalue weighted by Gasteiger charge is 2.06. The Morgan fingerprint density at radius 1 is 1.53 bits per heavy atom. The summed E-state index contributed by atoms with van der Waals surface area (Å²) in [4.78, 5) is 0. The number of nitrogens with two attached hydrogens (primary N) is 1. The van der Waals surface area contributed by atoms with Crippen LogP contribution in [0.4, 0.5) is 0 Å². The summed E-state index contributed by atoms with van der Waals surface area (Å²) in [6.07, 6.45) is 3.45. The zero-order valence-electron chi connectivity index (χ0n) is 8.25. The molecule has 0 unspecified atom stereocenters. The molecular weight excluding hydrogens is 214 g/mol. The van der Waals surface area contributed by atoms with Gasteiger partial charge in [0.15, 0.2) is 5.75 Å². The first-order chi connectivity index (χ1) is 7.31. The second-order valence-electron chi connectivity index (χ2n) is 2.80. The molecule has 15 heavy (non-hydrogen) atoms. The van der Waals surface area contributed by atoms with Gasteiger partial charge in [0.2, 0.25) is 0 Å². The van der Waals surface area contributed by atoms with Crippen molar-refractivity contribution in [2.24, 2.45) is 5.73 Å². The number of aryl methyl sites for hydroxylation is 1. The van der Waals surface area contributed by atoms with Gasteiger partial charge in [-0.1, -0.05) is 16.4 Å². The van der Waals surface area contributed by atoms with E-state index >= 15 is 0 Å². The lowest BCUT2D eigenvalue weighted by molar-refractivity contribution is 0.472. The zero-order valence-corrected chi connectivity index (χ0v) is 9.07. The largest absolute Gasteiger partial charge is 0.426 e. The van der Waals surface area contributed by atoms with Gasteiger partial charge in [0.25, 0.3) is 5.19 Å². The molecule has 0 saturated heterocycles. The highest BCUT2D eigenvalue weighted by molar-refractivity contribution is 7.13. The molecule has 80 valence electrons. The first-order valence-corrected chi connectivity index (χ1v) is 5.36. The maximum Gasteiger partial charge on any atom is 0.299 e. The molecule has 0 aromatic carbocycles. The Morgan fingerprint density at radius 2 is 2.40 bits per heavy atom. The highest BCUT2D eigenvalue weighted by Crippen LogP contribution is 2.23. The summed E-state index contributed by atoms with van der Waals surface area (Å²) < 4.78 is 7.23. The Kier molecular flexibility index (Phi) is 2.93. The van der Waals surface area contributed by atoms with E-state index in [0.29, 0.717) is 17.5 Å². The molecule has 0 saturated carbocycles. The molecule has 0 radical (unpaired) electrons. The maximum absolute atomic E-state index is 5.45. The molecule has 2 aromatic rings. The van der Waals surface area contributed by atoms with Crippen molar-refractivity contribution < 1.29 is 4.74 Å². The fraction of sp³-hybridized carbons (Fsp3) is 0.375. The minimum Gasteiger partial charge on any atom is -0.426 e. The lowest BCUT2D eigenvalue weighted by Crippen LogP contribution is -1.94. The molecule has 7 heteroatoms. The van der Waals surface area contributed by atoms with Gasteiger partial charge in [-0.3, -0.25) is 4.68 Å². The Balaban J connectivity index is 2.07. The third kappa shape index (κ3) is 2.31. The van der Waals surface area contributed by atoms with Crippen LogP contribution in [0.5, 0.6) is 10.9 Å². The molecule has 0 aliphatic heterocycles. The van der Waals surface area contributed by atoms with Crippen molar-refractivity contribution in [2.75, 3.05) is 0 Å². The van der Waals surface area contributed by atoms with Crippen molar-refractivity contribution in [3.63, 3.8) is 0 Å². The van der Waals surface area contributed by atoms with Crippen LogP contribution in [0.15, 0.2) is 12.4 Å². The van der Waals surface area contributed by atoms with E-state index in [2.05, 4.69) is 15.3 Å². The van der Waals surface area contributed by atoms with Gasteiger partial charge in [-0.2, -0.15) is 5.10 Å². The molecule has 0 amide bonds. The van der Waals surface area contributed by atoms with Crippen molar-refractivity contribution in [2.45, 2.75) is 20.0 Å². The van der Waals surface area contributed by atoms with Gasteiger partial charge in [0.1, 0.15) is 5.01 Å². The summed E-state index contributed by atoms with van der Waals surface area (Å²) in [5.74, 6) is 0.663. The quantitative estimate of drug-likeness (QED) is 0.840. The third-order valence-electron chi connectivity index (χ3n) is 1.76.